The van der Waals surface area contributed by atoms with Gasteiger partial charge >= 0.3 is 0 Å². The van der Waals surface area contributed by atoms with Crippen LogP contribution in [0.4, 0.5) is 0 Å². The van der Waals surface area contributed by atoms with E-state index in [4.69, 9.17) is 0 Å². The Bertz CT molecular complexity index is 1480. The minimum absolute atomic E-state index is 0.0373. The quantitative estimate of drug-likeness (QED) is 0.259. The van der Waals surface area contributed by atoms with Crippen LogP contribution in [0.5, 0.6) is 5.75 Å². The molecular weight excluding hydrogens is 578 g/mol. The number of nitrogens with zero attached hydrogens (tertiary/aromatic N) is 2. The Labute approximate surface area is 262 Å². The zero-order valence-corrected chi connectivity index (χ0v) is 26.4. The highest BCUT2D eigenvalue weighted by molar-refractivity contribution is 8.00. The summed E-state index contributed by atoms with van der Waals surface area (Å²) in [5.41, 5.74) is 3.35. The predicted octanol–water partition coefficient (Wildman–Crippen LogP) is 3.41. The highest BCUT2D eigenvalue weighted by Crippen LogP contribution is 2.41. The van der Waals surface area contributed by atoms with Crippen molar-refractivity contribution < 1.29 is 29.7 Å². The van der Waals surface area contributed by atoms with Crippen molar-refractivity contribution in [3.05, 3.63) is 101 Å². The van der Waals surface area contributed by atoms with Gasteiger partial charge in [-0.3, -0.25) is 14.4 Å². The number of carbonyl (C=O) groups excluding carboxylic acids is 3. The first-order valence-corrected chi connectivity index (χ1v) is 15.6. The number of hydrogen-bond acceptors (Lipinski definition) is 7. The zero-order chi connectivity index (χ0) is 32.0. The summed E-state index contributed by atoms with van der Waals surface area (Å²) in [5, 5.41) is 34.3. The molecule has 3 amide bonds. The van der Waals surface area contributed by atoms with Crippen molar-refractivity contribution in [2.24, 2.45) is 0 Å². The Morgan fingerprint density at radius 2 is 1.70 bits per heavy atom. The second-order valence-corrected chi connectivity index (χ2v) is 13.3. The van der Waals surface area contributed by atoms with Crippen molar-refractivity contribution in [1.29, 1.82) is 0 Å². The van der Waals surface area contributed by atoms with Crippen LogP contribution in [0.25, 0.3) is 0 Å². The Balaban J connectivity index is 1.62. The van der Waals surface area contributed by atoms with Gasteiger partial charge in [-0.25, -0.2) is 0 Å². The molecule has 3 aromatic rings. The van der Waals surface area contributed by atoms with Gasteiger partial charge in [-0.2, -0.15) is 0 Å². The third-order valence-electron chi connectivity index (χ3n) is 8.17. The minimum atomic E-state index is -1.66. The lowest BCUT2D eigenvalue weighted by molar-refractivity contribution is -0.151. The Kier molecular flexibility index (Phi) is 10.7. The molecule has 0 aromatic heterocycles. The molecule has 0 saturated carbocycles. The van der Waals surface area contributed by atoms with E-state index in [1.807, 2.05) is 75.4 Å². The second kappa shape index (κ2) is 14.3. The SMILES string of the molecule is Cc1ccccc1CN(CCO)C(=O)C1N(C(=O)[C@@H](O)[C@H](Cc2ccccc2)NC(=O)c2cccc(O)c2C)CSC1(C)C. The molecule has 1 fully saturated rings. The molecule has 1 unspecified atom stereocenters. The third kappa shape index (κ3) is 7.43. The normalized spacial score (nSPS) is 17.1. The van der Waals surface area contributed by atoms with Gasteiger partial charge in [-0.15, -0.1) is 11.8 Å². The molecule has 4 rings (SSSR count). The number of benzene rings is 3. The maximum atomic E-state index is 14.1. The van der Waals surface area contributed by atoms with Crippen LogP contribution in [0.1, 0.15) is 46.5 Å². The molecule has 1 aliphatic heterocycles. The van der Waals surface area contributed by atoms with Crippen LogP contribution in [0.2, 0.25) is 0 Å². The zero-order valence-electron chi connectivity index (χ0n) is 25.6. The molecule has 44 heavy (non-hydrogen) atoms. The number of aryl methyl sites for hydroxylation is 1. The molecule has 1 aliphatic rings. The van der Waals surface area contributed by atoms with Crippen LogP contribution < -0.4 is 5.32 Å². The molecular formula is C34H41N3O6S. The van der Waals surface area contributed by atoms with Gasteiger partial charge in [0.25, 0.3) is 11.8 Å². The average molecular weight is 620 g/mol. The van der Waals surface area contributed by atoms with Crippen molar-refractivity contribution in [2.45, 2.75) is 63.6 Å². The largest absolute Gasteiger partial charge is 0.508 e. The number of aromatic hydroxyl groups is 1. The van der Waals surface area contributed by atoms with Crippen molar-refractivity contribution in [1.82, 2.24) is 15.1 Å². The average Bonchev–Trinajstić information content (AvgIpc) is 3.32. The molecule has 4 N–H and O–H groups in total. The highest BCUT2D eigenvalue weighted by Gasteiger charge is 2.51. The Morgan fingerprint density at radius 3 is 2.39 bits per heavy atom. The summed E-state index contributed by atoms with van der Waals surface area (Å²) in [6, 6.07) is 19.6. The van der Waals surface area contributed by atoms with E-state index in [-0.39, 0.29) is 49.2 Å². The molecule has 0 spiro atoms. The van der Waals surface area contributed by atoms with Crippen LogP contribution in [-0.2, 0) is 22.6 Å². The van der Waals surface area contributed by atoms with Crippen LogP contribution in [0.3, 0.4) is 0 Å². The van der Waals surface area contributed by atoms with Gasteiger partial charge in [-0.1, -0.05) is 60.7 Å². The van der Waals surface area contributed by atoms with E-state index in [0.29, 0.717) is 5.56 Å². The fourth-order valence-electron chi connectivity index (χ4n) is 5.51. The van der Waals surface area contributed by atoms with E-state index < -0.39 is 34.7 Å². The van der Waals surface area contributed by atoms with E-state index in [2.05, 4.69) is 5.32 Å². The van der Waals surface area contributed by atoms with Gasteiger partial charge in [0.1, 0.15) is 11.8 Å². The maximum absolute atomic E-state index is 14.1. The third-order valence-corrected chi connectivity index (χ3v) is 9.54. The maximum Gasteiger partial charge on any atom is 0.254 e. The molecule has 0 radical (unpaired) electrons. The van der Waals surface area contributed by atoms with E-state index in [9.17, 15) is 29.7 Å². The molecule has 10 heteroatoms. The number of aliphatic hydroxyl groups excluding tert-OH is 2. The summed E-state index contributed by atoms with van der Waals surface area (Å²) in [7, 11) is 0. The van der Waals surface area contributed by atoms with Crippen LogP contribution in [0.15, 0.2) is 72.8 Å². The number of rotatable bonds is 11. The molecule has 9 nitrogen and oxygen atoms in total. The van der Waals surface area contributed by atoms with Crippen LogP contribution in [0, 0.1) is 13.8 Å². The first-order valence-electron chi connectivity index (χ1n) is 14.6. The fraction of sp³-hybridized carbons (Fsp3) is 0.382. The van der Waals surface area contributed by atoms with Gasteiger partial charge < -0.3 is 30.4 Å². The van der Waals surface area contributed by atoms with Crippen molar-refractivity contribution in [2.75, 3.05) is 19.0 Å². The van der Waals surface area contributed by atoms with Crippen molar-refractivity contribution in [3.63, 3.8) is 0 Å². The van der Waals surface area contributed by atoms with E-state index >= 15 is 0 Å². The van der Waals surface area contributed by atoms with Gasteiger partial charge in [0.2, 0.25) is 5.91 Å². The number of phenols is 1. The topological polar surface area (TPSA) is 130 Å². The van der Waals surface area contributed by atoms with Gasteiger partial charge in [0.15, 0.2) is 6.10 Å². The van der Waals surface area contributed by atoms with Gasteiger partial charge in [0.05, 0.1) is 18.5 Å². The summed E-state index contributed by atoms with van der Waals surface area (Å²) in [6.45, 7) is 7.46. The fourth-order valence-corrected chi connectivity index (χ4v) is 6.64. The van der Waals surface area contributed by atoms with Crippen molar-refractivity contribution in [3.8, 4) is 5.75 Å². The number of hydrogen-bond donors (Lipinski definition) is 4. The Morgan fingerprint density at radius 1 is 1.02 bits per heavy atom. The molecule has 3 aromatic carbocycles. The number of nitrogens with one attached hydrogen (secondary N) is 1. The molecule has 3 atom stereocenters. The highest BCUT2D eigenvalue weighted by atomic mass is 32.2. The van der Waals surface area contributed by atoms with E-state index in [0.717, 1.165) is 16.7 Å². The number of aliphatic hydroxyl groups is 2. The van der Waals surface area contributed by atoms with Crippen LogP contribution >= 0.6 is 11.8 Å². The molecule has 0 bridgehead atoms. The summed E-state index contributed by atoms with van der Waals surface area (Å²) < 4.78 is -0.678. The number of amides is 3. The van der Waals surface area contributed by atoms with E-state index in [1.54, 1.807) is 24.0 Å². The Hall–Kier alpha value is -3.86. The standard InChI is InChI=1S/C34H41N3O6S/c1-22-11-8-9-14-25(22)20-36(17-18-38)33(43)30-34(3,4)44-21-37(30)32(42)29(40)27(19-24-12-6-5-7-13-24)35-31(41)26-15-10-16-28(39)23(26)2/h5-16,27,29-30,38-40H,17-21H2,1-4H3,(H,35,41)/t27-,29-,30?/m0/s1. The lowest BCUT2D eigenvalue weighted by Gasteiger charge is -2.36. The summed E-state index contributed by atoms with van der Waals surface area (Å²) >= 11 is 1.43. The lowest BCUT2D eigenvalue weighted by atomic mass is 9.96. The van der Waals surface area contributed by atoms with Gasteiger partial charge in [0, 0.05) is 29.0 Å². The summed E-state index contributed by atoms with van der Waals surface area (Å²) in [4.78, 5) is 44.5. The number of thioether (sulfide) groups is 1. The van der Waals surface area contributed by atoms with Crippen LogP contribution in [-0.4, -0.2) is 84.8 Å². The first kappa shape index (κ1) is 33.0. The van der Waals surface area contributed by atoms with Crippen molar-refractivity contribution >= 4 is 29.5 Å². The number of phenolic OH excluding ortho intramolecular Hbond substituents is 1. The molecule has 234 valence electrons. The van der Waals surface area contributed by atoms with Gasteiger partial charge in [-0.05, 0) is 62.9 Å². The summed E-state index contributed by atoms with van der Waals surface area (Å²) in [6.07, 6.45) is -1.51. The van der Waals surface area contributed by atoms with E-state index in [1.165, 1.54) is 22.7 Å². The minimum Gasteiger partial charge on any atom is -0.508 e. The summed E-state index contributed by atoms with van der Waals surface area (Å²) in [5.74, 6) is -1.40. The monoisotopic (exact) mass is 619 g/mol. The smallest absolute Gasteiger partial charge is 0.254 e. The molecule has 1 saturated heterocycles. The molecule has 1 heterocycles. The predicted molar refractivity (Wildman–Crippen MR) is 171 cm³/mol. The second-order valence-electron chi connectivity index (χ2n) is 11.7. The lowest BCUT2D eigenvalue weighted by Crippen LogP contribution is -2.59. The first-order chi connectivity index (χ1) is 20.9. The molecule has 0 aliphatic carbocycles. The number of carbonyl (C=O) groups is 3.